The van der Waals surface area contributed by atoms with Crippen molar-refractivity contribution in [2.45, 2.75) is 39.7 Å². The Balaban J connectivity index is 1.68. The summed E-state index contributed by atoms with van der Waals surface area (Å²) in [5.41, 5.74) is 7.13. The summed E-state index contributed by atoms with van der Waals surface area (Å²) in [4.78, 5) is 24.1. The Morgan fingerprint density at radius 3 is 2.60 bits per heavy atom. The molecule has 2 aliphatic rings. The van der Waals surface area contributed by atoms with Gasteiger partial charge in [-0.1, -0.05) is 39.0 Å². The minimum atomic E-state index is -1.18. The van der Waals surface area contributed by atoms with Crippen molar-refractivity contribution in [2.75, 3.05) is 0 Å². The second-order valence-corrected chi connectivity index (χ2v) is 9.25. The number of carboxylic acids is 1. The molecular formula is C25H23NO4. The van der Waals surface area contributed by atoms with Gasteiger partial charge < -0.3 is 14.1 Å². The number of aromatic nitrogens is 1. The maximum atomic E-state index is 12.5. The van der Waals surface area contributed by atoms with Gasteiger partial charge in [0.05, 0.1) is 12.5 Å². The van der Waals surface area contributed by atoms with E-state index >= 15 is 0 Å². The van der Waals surface area contributed by atoms with Crippen molar-refractivity contribution in [1.29, 1.82) is 0 Å². The molecule has 1 aromatic carbocycles. The van der Waals surface area contributed by atoms with Crippen molar-refractivity contribution < 1.29 is 14.3 Å². The first-order valence-corrected chi connectivity index (χ1v) is 10.1. The molecule has 0 saturated carbocycles. The van der Waals surface area contributed by atoms with E-state index < -0.39 is 11.4 Å². The van der Waals surface area contributed by atoms with Crippen molar-refractivity contribution in [3.63, 3.8) is 0 Å². The zero-order chi connectivity index (χ0) is 21.2. The zero-order valence-electron chi connectivity index (χ0n) is 17.2. The lowest BCUT2D eigenvalue weighted by Crippen LogP contribution is -2.32. The molecule has 0 spiro atoms. The van der Waals surface area contributed by atoms with E-state index in [0.717, 1.165) is 35.2 Å². The molecular weight excluding hydrogens is 378 g/mol. The minimum absolute atomic E-state index is 0.0597. The molecule has 1 aliphatic heterocycles. The maximum Gasteiger partial charge on any atom is 0.341 e. The van der Waals surface area contributed by atoms with Crippen LogP contribution < -0.4 is 5.43 Å². The van der Waals surface area contributed by atoms with Crippen LogP contribution in [0.25, 0.3) is 22.3 Å². The van der Waals surface area contributed by atoms with Crippen molar-refractivity contribution in [3.8, 4) is 11.1 Å². The largest absolute Gasteiger partial charge is 0.477 e. The first-order chi connectivity index (χ1) is 14.2. The van der Waals surface area contributed by atoms with Gasteiger partial charge in [-0.3, -0.25) is 4.79 Å². The highest BCUT2D eigenvalue weighted by Crippen LogP contribution is 2.50. The molecule has 1 atom stereocenters. The number of furan rings is 1. The van der Waals surface area contributed by atoms with E-state index in [-0.39, 0.29) is 17.0 Å². The number of carboxylic acid groups (broad SMARTS) is 1. The molecule has 1 aliphatic carbocycles. The standard InChI is InChI=1S/C25H23NO4/c1-25(2,3)23-10-18-17-5-4-14(15-6-7-30-13-15)8-16(17)9-19(18)21-11-22(27)20(24(28)29)12-26(21)23/h4-8,11-13,23H,9-10H2,1-3H3,(H,28,29)/t23-/m0/s1. The zero-order valence-corrected chi connectivity index (χ0v) is 17.2. The second kappa shape index (κ2) is 6.33. The molecule has 0 bridgehead atoms. The van der Waals surface area contributed by atoms with Gasteiger partial charge >= 0.3 is 5.97 Å². The van der Waals surface area contributed by atoms with Gasteiger partial charge in [-0.15, -0.1) is 0 Å². The first kappa shape index (κ1) is 18.7. The fourth-order valence-electron chi connectivity index (χ4n) is 4.81. The summed E-state index contributed by atoms with van der Waals surface area (Å²) in [6, 6.07) is 9.99. The van der Waals surface area contributed by atoms with E-state index in [1.807, 2.05) is 10.6 Å². The third-order valence-corrected chi connectivity index (χ3v) is 6.37. The van der Waals surface area contributed by atoms with Gasteiger partial charge in [-0.2, -0.15) is 0 Å². The summed E-state index contributed by atoms with van der Waals surface area (Å²) in [6.07, 6.45) is 6.49. The lowest BCUT2D eigenvalue weighted by atomic mass is 9.78. The number of allylic oxidation sites excluding steroid dienone is 2. The summed E-state index contributed by atoms with van der Waals surface area (Å²) >= 11 is 0. The summed E-state index contributed by atoms with van der Waals surface area (Å²) < 4.78 is 7.25. The number of aromatic carboxylic acids is 1. The van der Waals surface area contributed by atoms with E-state index in [9.17, 15) is 14.7 Å². The fourth-order valence-corrected chi connectivity index (χ4v) is 4.81. The molecule has 152 valence electrons. The van der Waals surface area contributed by atoms with E-state index in [1.165, 1.54) is 22.8 Å². The molecule has 30 heavy (non-hydrogen) atoms. The van der Waals surface area contributed by atoms with Crippen LogP contribution in [-0.2, 0) is 6.42 Å². The van der Waals surface area contributed by atoms with E-state index in [4.69, 9.17) is 4.42 Å². The Hall–Kier alpha value is -3.34. The van der Waals surface area contributed by atoms with Crippen molar-refractivity contribution in [3.05, 3.63) is 81.7 Å². The number of nitrogens with zero attached hydrogens (tertiary/aromatic N) is 1. The average molecular weight is 401 g/mol. The Morgan fingerprint density at radius 2 is 1.93 bits per heavy atom. The topological polar surface area (TPSA) is 72.4 Å². The Bertz CT molecular complexity index is 1270. The van der Waals surface area contributed by atoms with E-state index in [2.05, 4.69) is 39.0 Å². The third-order valence-electron chi connectivity index (χ3n) is 6.37. The quantitative estimate of drug-likeness (QED) is 0.635. The van der Waals surface area contributed by atoms with Gasteiger partial charge in [0.2, 0.25) is 0 Å². The second-order valence-electron chi connectivity index (χ2n) is 9.25. The first-order valence-electron chi connectivity index (χ1n) is 10.1. The molecule has 5 nitrogen and oxygen atoms in total. The van der Waals surface area contributed by atoms with E-state index in [1.54, 1.807) is 18.7 Å². The van der Waals surface area contributed by atoms with Gasteiger partial charge in [0.25, 0.3) is 0 Å². The minimum Gasteiger partial charge on any atom is -0.477 e. The Labute approximate surface area is 174 Å². The Morgan fingerprint density at radius 1 is 1.13 bits per heavy atom. The SMILES string of the molecule is CC(C)(C)[C@@H]1CC2=C(Cc3cc(-c4ccoc4)ccc32)c2cc(=O)c(C(=O)O)cn21. The number of pyridine rings is 1. The summed E-state index contributed by atoms with van der Waals surface area (Å²) in [5.74, 6) is -1.18. The van der Waals surface area contributed by atoms with Crippen LogP contribution >= 0.6 is 0 Å². The van der Waals surface area contributed by atoms with Crippen molar-refractivity contribution >= 4 is 17.1 Å². The van der Waals surface area contributed by atoms with Crippen LogP contribution in [0, 0.1) is 5.41 Å². The molecule has 0 amide bonds. The highest BCUT2D eigenvalue weighted by atomic mass is 16.4. The predicted molar refractivity (Wildman–Crippen MR) is 115 cm³/mol. The normalized spacial score (nSPS) is 17.5. The lowest BCUT2D eigenvalue weighted by molar-refractivity contribution is 0.0693. The van der Waals surface area contributed by atoms with Gasteiger partial charge in [0.15, 0.2) is 5.43 Å². The van der Waals surface area contributed by atoms with Crippen LogP contribution in [0.2, 0.25) is 0 Å². The molecule has 3 aromatic rings. The molecule has 5 heteroatoms. The molecule has 2 aromatic heterocycles. The lowest BCUT2D eigenvalue weighted by Gasteiger charge is -2.39. The molecule has 1 N–H and O–H groups in total. The van der Waals surface area contributed by atoms with Crippen LogP contribution in [0.4, 0.5) is 0 Å². The predicted octanol–water partition coefficient (Wildman–Crippen LogP) is 5.26. The Kier molecular flexibility index (Phi) is 3.94. The number of rotatable bonds is 2. The van der Waals surface area contributed by atoms with Crippen LogP contribution in [0.15, 0.2) is 58.3 Å². The summed E-state index contributed by atoms with van der Waals surface area (Å²) in [6.45, 7) is 6.47. The molecule has 3 heterocycles. The number of benzene rings is 1. The highest BCUT2D eigenvalue weighted by Gasteiger charge is 2.37. The monoisotopic (exact) mass is 401 g/mol. The van der Waals surface area contributed by atoms with Crippen molar-refractivity contribution in [2.24, 2.45) is 5.41 Å². The fraction of sp³-hybridized carbons (Fsp3) is 0.280. The third kappa shape index (κ3) is 2.76. The van der Waals surface area contributed by atoms with Gasteiger partial charge in [-0.05, 0) is 45.7 Å². The maximum absolute atomic E-state index is 12.5. The molecule has 0 saturated heterocycles. The number of carbonyl (C=O) groups is 1. The average Bonchev–Trinajstić information content (AvgIpc) is 3.33. The van der Waals surface area contributed by atoms with Gasteiger partial charge in [0.1, 0.15) is 5.56 Å². The van der Waals surface area contributed by atoms with Crippen LogP contribution in [0.1, 0.15) is 60.4 Å². The van der Waals surface area contributed by atoms with Crippen molar-refractivity contribution in [1.82, 2.24) is 4.57 Å². The van der Waals surface area contributed by atoms with Crippen LogP contribution in [-0.4, -0.2) is 15.6 Å². The highest BCUT2D eigenvalue weighted by molar-refractivity contribution is 5.98. The number of hydrogen-bond donors (Lipinski definition) is 1. The molecule has 0 unspecified atom stereocenters. The van der Waals surface area contributed by atoms with Gasteiger partial charge in [-0.25, -0.2) is 4.79 Å². The molecule has 5 rings (SSSR count). The van der Waals surface area contributed by atoms with Crippen LogP contribution in [0.3, 0.4) is 0 Å². The molecule has 0 fully saturated rings. The molecule has 0 radical (unpaired) electrons. The summed E-state index contributed by atoms with van der Waals surface area (Å²) in [7, 11) is 0. The van der Waals surface area contributed by atoms with Crippen LogP contribution in [0.5, 0.6) is 0 Å². The number of hydrogen-bond acceptors (Lipinski definition) is 3. The smallest absolute Gasteiger partial charge is 0.341 e. The van der Waals surface area contributed by atoms with E-state index in [0.29, 0.717) is 0 Å². The number of fused-ring (bicyclic) bond motifs is 4. The summed E-state index contributed by atoms with van der Waals surface area (Å²) in [5, 5.41) is 9.47. The van der Waals surface area contributed by atoms with Gasteiger partial charge in [0, 0.05) is 36.0 Å².